The van der Waals surface area contributed by atoms with E-state index in [9.17, 15) is 4.79 Å². The Morgan fingerprint density at radius 3 is 2.90 bits per heavy atom. The molecule has 1 amide bonds. The van der Waals surface area contributed by atoms with Gasteiger partial charge in [-0.25, -0.2) is 0 Å². The molecule has 1 aromatic carbocycles. The average Bonchev–Trinajstić information content (AvgIpc) is 2.96. The third-order valence-corrected chi connectivity index (χ3v) is 3.22. The zero-order valence-corrected chi connectivity index (χ0v) is 12.3. The van der Waals surface area contributed by atoms with E-state index in [0.717, 1.165) is 23.4 Å². The smallest absolute Gasteiger partial charge is 0.272 e. The number of nitrogens with two attached hydrogens (primary N) is 1. The number of rotatable bonds is 3. The molecule has 0 saturated carbocycles. The summed E-state index contributed by atoms with van der Waals surface area (Å²) in [6, 6.07) is 9.36. The molecule has 4 heteroatoms. The van der Waals surface area contributed by atoms with Crippen LogP contribution in [0.4, 0.5) is 5.69 Å². The highest BCUT2D eigenvalue weighted by molar-refractivity contribution is 6.03. The molecule has 0 fully saturated rings. The summed E-state index contributed by atoms with van der Waals surface area (Å²) in [6.07, 6.45) is 1.89. The highest BCUT2D eigenvalue weighted by Crippen LogP contribution is 2.16. The molecule has 3 N–H and O–H groups in total. The summed E-state index contributed by atoms with van der Waals surface area (Å²) in [5.74, 6) is 5.72. The summed E-state index contributed by atoms with van der Waals surface area (Å²) in [5.41, 5.74) is 8.71. The average molecular weight is 281 g/mol. The third kappa shape index (κ3) is 3.53. The van der Waals surface area contributed by atoms with Gasteiger partial charge in [0.15, 0.2) is 0 Å². The minimum absolute atomic E-state index is 0.122. The number of anilines is 1. The van der Waals surface area contributed by atoms with Gasteiger partial charge in [0.1, 0.15) is 5.69 Å². The van der Waals surface area contributed by atoms with Crippen LogP contribution < -0.4 is 11.1 Å². The Labute approximate surface area is 125 Å². The van der Waals surface area contributed by atoms with Gasteiger partial charge in [-0.1, -0.05) is 17.9 Å². The monoisotopic (exact) mass is 281 g/mol. The van der Waals surface area contributed by atoms with Crippen molar-refractivity contribution >= 4 is 11.6 Å². The van der Waals surface area contributed by atoms with Crippen molar-refractivity contribution in [2.75, 3.05) is 11.9 Å². The van der Waals surface area contributed by atoms with Gasteiger partial charge in [-0.3, -0.25) is 4.79 Å². The van der Waals surface area contributed by atoms with Gasteiger partial charge in [-0.15, -0.1) is 0 Å². The van der Waals surface area contributed by atoms with Crippen molar-refractivity contribution in [1.82, 2.24) is 4.57 Å². The highest BCUT2D eigenvalue weighted by atomic mass is 16.1. The van der Waals surface area contributed by atoms with E-state index in [4.69, 9.17) is 5.73 Å². The molecule has 1 aromatic heterocycles. The maximum absolute atomic E-state index is 12.3. The highest BCUT2D eigenvalue weighted by Gasteiger charge is 2.10. The second kappa shape index (κ2) is 6.78. The van der Waals surface area contributed by atoms with Crippen LogP contribution in [-0.2, 0) is 6.54 Å². The first-order valence-corrected chi connectivity index (χ1v) is 6.91. The summed E-state index contributed by atoms with van der Waals surface area (Å²) in [4.78, 5) is 12.3. The topological polar surface area (TPSA) is 60.0 Å². The molecular formula is C17H19N3O. The van der Waals surface area contributed by atoms with Crippen molar-refractivity contribution in [3.05, 3.63) is 53.3 Å². The lowest BCUT2D eigenvalue weighted by molar-refractivity contribution is 0.101. The number of carbonyl (C=O) groups is 1. The lowest BCUT2D eigenvalue weighted by atomic mass is 10.1. The molecule has 0 aliphatic rings. The summed E-state index contributed by atoms with van der Waals surface area (Å²) in [7, 11) is 0. The molecule has 108 valence electrons. The fraction of sp³-hybridized carbons (Fsp3) is 0.235. The molecule has 1 heterocycles. The van der Waals surface area contributed by atoms with Crippen molar-refractivity contribution in [3.63, 3.8) is 0 Å². The van der Waals surface area contributed by atoms with Crippen LogP contribution in [0.15, 0.2) is 36.5 Å². The van der Waals surface area contributed by atoms with Gasteiger partial charge >= 0.3 is 0 Å². The molecule has 2 rings (SSSR count). The van der Waals surface area contributed by atoms with Crippen molar-refractivity contribution in [2.24, 2.45) is 5.73 Å². The number of nitrogens with zero attached hydrogens (tertiary/aromatic N) is 1. The Hall–Kier alpha value is -2.51. The molecule has 2 aromatic rings. The number of nitrogens with one attached hydrogen (secondary N) is 1. The van der Waals surface area contributed by atoms with E-state index < -0.39 is 0 Å². The van der Waals surface area contributed by atoms with E-state index in [0.29, 0.717) is 12.2 Å². The lowest BCUT2D eigenvalue weighted by Crippen LogP contribution is -2.16. The minimum Gasteiger partial charge on any atom is -0.344 e. The minimum atomic E-state index is -0.122. The van der Waals surface area contributed by atoms with Gasteiger partial charge in [0.2, 0.25) is 0 Å². The molecule has 0 aliphatic carbocycles. The molecule has 0 aliphatic heterocycles. The van der Waals surface area contributed by atoms with Crippen molar-refractivity contribution < 1.29 is 4.79 Å². The maximum atomic E-state index is 12.3. The Morgan fingerprint density at radius 2 is 2.19 bits per heavy atom. The first kappa shape index (κ1) is 14.9. The van der Waals surface area contributed by atoms with Gasteiger partial charge in [0, 0.05) is 24.0 Å². The summed E-state index contributed by atoms with van der Waals surface area (Å²) in [5, 5.41) is 2.90. The number of benzene rings is 1. The quantitative estimate of drug-likeness (QED) is 0.849. The van der Waals surface area contributed by atoms with E-state index >= 15 is 0 Å². The Kier molecular flexibility index (Phi) is 4.81. The number of carbonyl (C=O) groups excluding carboxylic acids is 1. The van der Waals surface area contributed by atoms with Gasteiger partial charge in [0.25, 0.3) is 5.91 Å². The normalized spacial score (nSPS) is 9.86. The van der Waals surface area contributed by atoms with Gasteiger partial charge in [0.05, 0.1) is 6.54 Å². The maximum Gasteiger partial charge on any atom is 0.272 e. The molecule has 4 nitrogen and oxygen atoms in total. The van der Waals surface area contributed by atoms with Crippen LogP contribution in [0.3, 0.4) is 0 Å². The SMILES string of the molecule is CCn1cccc1C(=O)Nc1ccc(C)c(C#CCN)c1. The second-order valence-electron chi connectivity index (χ2n) is 4.67. The van der Waals surface area contributed by atoms with E-state index in [-0.39, 0.29) is 5.91 Å². The van der Waals surface area contributed by atoms with Gasteiger partial charge < -0.3 is 15.6 Å². The van der Waals surface area contributed by atoms with Crippen molar-refractivity contribution in [3.8, 4) is 11.8 Å². The van der Waals surface area contributed by atoms with E-state index in [1.165, 1.54) is 0 Å². The van der Waals surface area contributed by atoms with Gasteiger partial charge in [-0.05, 0) is 43.7 Å². The second-order valence-corrected chi connectivity index (χ2v) is 4.67. The number of hydrogen-bond acceptors (Lipinski definition) is 2. The largest absolute Gasteiger partial charge is 0.344 e. The van der Waals surface area contributed by atoms with Crippen LogP contribution in [0, 0.1) is 18.8 Å². The van der Waals surface area contributed by atoms with E-state index in [2.05, 4.69) is 17.2 Å². The Morgan fingerprint density at radius 1 is 1.38 bits per heavy atom. The molecule has 0 spiro atoms. The first-order chi connectivity index (χ1) is 10.2. The van der Waals surface area contributed by atoms with Crippen LogP contribution >= 0.6 is 0 Å². The molecule has 0 atom stereocenters. The van der Waals surface area contributed by atoms with E-state index in [1.54, 1.807) is 0 Å². The lowest BCUT2D eigenvalue weighted by Gasteiger charge is -2.09. The predicted octanol–water partition coefficient (Wildman–Crippen LogP) is 2.38. The number of amides is 1. The summed E-state index contributed by atoms with van der Waals surface area (Å²) in [6.45, 7) is 5.06. The zero-order chi connectivity index (χ0) is 15.2. The fourth-order valence-corrected chi connectivity index (χ4v) is 2.07. The summed E-state index contributed by atoms with van der Waals surface area (Å²) >= 11 is 0. The molecular weight excluding hydrogens is 262 g/mol. The zero-order valence-electron chi connectivity index (χ0n) is 12.3. The summed E-state index contributed by atoms with van der Waals surface area (Å²) < 4.78 is 1.90. The van der Waals surface area contributed by atoms with Crippen LogP contribution in [-0.4, -0.2) is 17.0 Å². The molecule has 0 unspecified atom stereocenters. The molecule has 0 radical (unpaired) electrons. The Balaban J connectivity index is 2.22. The van der Waals surface area contributed by atoms with Crippen LogP contribution in [0.5, 0.6) is 0 Å². The number of aromatic nitrogens is 1. The Bertz CT molecular complexity index is 704. The van der Waals surface area contributed by atoms with Crippen LogP contribution in [0.25, 0.3) is 0 Å². The number of aryl methyl sites for hydroxylation is 2. The molecule has 0 saturated heterocycles. The van der Waals surface area contributed by atoms with Crippen molar-refractivity contribution in [2.45, 2.75) is 20.4 Å². The predicted molar refractivity (Wildman–Crippen MR) is 85.2 cm³/mol. The fourth-order valence-electron chi connectivity index (χ4n) is 2.07. The van der Waals surface area contributed by atoms with E-state index in [1.807, 2.05) is 54.9 Å². The molecule has 0 bridgehead atoms. The van der Waals surface area contributed by atoms with Gasteiger partial charge in [-0.2, -0.15) is 0 Å². The number of hydrogen-bond donors (Lipinski definition) is 2. The van der Waals surface area contributed by atoms with Crippen molar-refractivity contribution in [1.29, 1.82) is 0 Å². The third-order valence-electron chi connectivity index (χ3n) is 3.22. The van der Waals surface area contributed by atoms with Crippen LogP contribution in [0.2, 0.25) is 0 Å². The standard InChI is InChI=1S/C17H19N3O/c1-3-20-11-5-7-16(20)17(21)19-15-9-8-13(2)14(12-15)6-4-10-18/h5,7-9,11-12H,3,10,18H2,1-2H3,(H,19,21). The van der Waals surface area contributed by atoms with Crippen LogP contribution in [0.1, 0.15) is 28.5 Å². The molecule has 21 heavy (non-hydrogen) atoms. The first-order valence-electron chi connectivity index (χ1n) is 6.91.